The van der Waals surface area contributed by atoms with Crippen molar-refractivity contribution in [2.24, 2.45) is 0 Å². The quantitative estimate of drug-likeness (QED) is 0.200. The van der Waals surface area contributed by atoms with Gasteiger partial charge in [0, 0.05) is 40.8 Å². The van der Waals surface area contributed by atoms with Crippen LogP contribution in [0.1, 0.15) is 11.3 Å². The Balaban J connectivity index is 1.21. The maximum atomic E-state index is 9.29. The van der Waals surface area contributed by atoms with E-state index in [0.29, 0.717) is 11.3 Å². The van der Waals surface area contributed by atoms with Crippen LogP contribution in [-0.4, -0.2) is 19.9 Å². The van der Waals surface area contributed by atoms with Crippen molar-refractivity contribution in [2.45, 2.75) is 0 Å². The highest BCUT2D eigenvalue weighted by Gasteiger charge is 2.14. The number of benzene rings is 4. The lowest BCUT2D eigenvalue weighted by Gasteiger charge is -2.14. The zero-order chi connectivity index (χ0) is 29.6. The lowest BCUT2D eigenvalue weighted by atomic mass is 9.90. The molecule has 8 rings (SSSR count). The molecule has 0 bridgehead atoms. The summed E-state index contributed by atoms with van der Waals surface area (Å²) in [5.74, 6) is 0. The summed E-state index contributed by atoms with van der Waals surface area (Å²) < 4.78 is 0. The van der Waals surface area contributed by atoms with E-state index in [4.69, 9.17) is 9.97 Å². The molecule has 0 unspecified atom stereocenters. The Morgan fingerprint density at radius 3 is 1.52 bits per heavy atom. The molecule has 0 fully saturated rings. The summed E-state index contributed by atoms with van der Waals surface area (Å²) in [5, 5.41) is 25.6. The summed E-state index contributed by atoms with van der Waals surface area (Å²) in [6.07, 6.45) is 4.93. The molecular formula is C38H20N6. The molecule has 0 spiro atoms. The van der Waals surface area contributed by atoms with Crippen molar-refractivity contribution < 1.29 is 0 Å². The highest BCUT2D eigenvalue weighted by Crippen LogP contribution is 2.39. The predicted octanol–water partition coefficient (Wildman–Crippen LogP) is 8.58. The predicted molar refractivity (Wildman–Crippen MR) is 172 cm³/mol. The van der Waals surface area contributed by atoms with Gasteiger partial charge in [0.1, 0.15) is 17.8 Å². The molecule has 0 saturated carbocycles. The molecule has 0 saturated heterocycles. The molecule has 0 atom stereocenters. The van der Waals surface area contributed by atoms with E-state index in [1.807, 2.05) is 48.5 Å². The molecule has 0 amide bonds. The molecule has 8 aromatic rings. The minimum atomic E-state index is 0.368. The number of rotatable bonds is 4. The van der Waals surface area contributed by atoms with Gasteiger partial charge in [0.05, 0.1) is 28.3 Å². The van der Waals surface area contributed by atoms with E-state index in [1.165, 1.54) is 10.8 Å². The Kier molecular flexibility index (Phi) is 5.79. The topological polar surface area (TPSA) is 99.1 Å². The minimum absolute atomic E-state index is 0.368. The van der Waals surface area contributed by atoms with Crippen molar-refractivity contribution in [2.75, 3.05) is 0 Å². The molecule has 0 aliphatic carbocycles. The molecule has 6 heteroatoms. The molecular weight excluding hydrogens is 540 g/mol. The second-order valence-electron chi connectivity index (χ2n) is 10.7. The molecule has 6 nitrogen and oxygen atoms in total. The summed E-state index contributed by atoms with van der Waals surface area (Å²) in [4.78, 5) is 18.2. The standard InChI is InChI=1S/C38H20N6/c39-19-23-13-31(22-41-21-23)36-6-2-5-35(44-36)30-16-27-9-7-25-14-29(15-26-8-10-28(17-30)38(27)37(25)26)34-4-1-3-33(43-34)24-11-12-42-32(18-24)20-40/h1-18,21-22H. The van der Waals surface area contributed by atoms with Gasteiger partial charge in [-0.15, -0.1) is 0 Å². The van der Waals surface area contributed by atoms with Crippen LogP contribution >= 0.6 is 0 Å². The van der Waals surface area contributed by atoms with Crippen molar-refractivity contribution in [1.82, 2.24) is 19.9 Å². The summed E-state index contributed by atoms with van der Waals surface area (Å²) in [5.41, 5.74) is 7.91. The number of hydrogen-bond acceptors (Lipinski definition) is 6. The summed E-state index contributed by atoms with van der Waals surface area (Å²) in [6.45, 7) is 0. The summed E-state index contributed by atoms with van der Waals surface area (Å²) in [7, 11) is 0. The SMILES string of the molecule is N#Cc1cncc(-c2cccc(-c3cc4ccc5cc(-c6cccc(-c7ccnc(C#N)c7)n6)cc6ccc(c3)c4c56)n2)c1. The van der Waals surface area contributed by atoms with E-state index in [9.17, 15) is 10.5 Å². The molecule has 0 aliphatic rings. The smallest absolute Gasteiger partial charge is 0.141 e. The molecule has 0 N–H and O–H groups in total. The maximum Gasteiger partial charge on any atom is 0.141 e. The van der Waals surface area contributed by atoms with Crippen molar-refractivity contribution in [3.63, 3.8) is 0 Å². The zero-order valence-corrected chi connectivity index (χ0v) is 23.2. The molecule has 4 heterocycles. The van der Waals surface area contributed by atoms with E-state index >= 15 is 0 Å². The largest absolute Gasteiger partial charge is 0.263 e. The van der Waals surface area contributed by atoms with Crippen LogP contribution in [0.25, 0.3) is 77.3 Å². The van der Waals surface area contributed by atoms with Gasteiger partial charge in [0.25, 0.3) is 0 Å². The van der Waals surface area contributed by atoms with E-state index < -0.39 is 0 Å². The monoisotopic (exact) mass is 560 g/mol. The zero-order valence-electron chi connectivity index (χ0n) is 23.2. The van der Waals surface area contributed by atoms with Crippen LogP contribution in [0.2, 0.25) is 0 Å². The first-order valence-corrected chi connectivity index (χ1v) is 14.1. The Morgan fingerprint density at radius 2 is 1.00 bits per heavy atom. The van der Waals surface area contributed by atoms with Crippen molar-refractivity contribution >= 4 is 32.3 Å². The lowest BCUT2D eigenvalue weighted by Crippen LogP contribution is -1.92. The molecule has 44 heavy (non-hydrogen) atoms. The first kappa shape index (κ1) is 25.2. The molecule has 202 valence electrons. The second-order valence-corrected chi connectivity index (χ2v) is 10.7. The van der Waals surface area contributed by atoms with E-state index in [1.54, 1.807) is 24.7 Å². The lowest BCUT2D eigenvalue weighted by molar-refractivity contribution is 1.25. The maximum absolute atomic E-state index is 9.29. The van der Waals surface area contributed by atoms with Crippen LogP contribution in [0.5, 0.6) is 0 Å². The number of pyridine rings is 4. The number of aromatic nitrogens is 4. The van der Waals surface area contributed by atoms with Gasteiger partial charge >= 0.3 is 0 Å². The van der Waals surface area contributed by atoms with Gasteiger partial charge in [-0.3, -0.25) is 4.98 Å². The van der Waals surface area contributed by atoms with E-state index in [2.05, 4.69) is 70.6 Å². The van der Waals surface area contributed by atoms with Gasteiger partial charge in [0.2, 0.25) is 0 Å². The van der Waals surface area contributed by atoms with E-state index in [-0.39, 0.29) is 0 Å². The molecule has 0 radical (unpaired) electrons. The number of nitrogens with zero attached hydrogens (tertiary/aromatic N) is 6. The van der Waals surface area contributed by atoms with Crippen LogP contribution in [0.3, 0.4) is 0 Å². The fraction of sp³-hybridized carbons (Fsp3) is 0. The fourth-order valence-electron chi connectivity index (χ4n) is 5.94. The average molecular weight is 561 g/mol. The van der Waals surface area contributed by atoms with Crippen molar-refractivity contribution in [3.8, 4) is 57.2 Å². The molecule has 0 aliphatic heterocycles. The average Bonchev–Trinajstić information content (AvgIpc) is 3.10. The first-order chi connectivity index (χ1) is 21.7. The van der Waals surface area contributed by atoms with Gasteiger partial charge in [-0.25, -0.2) is 15.0 Å². The van der Waals surface area contributed by atoms with Crippen LogP contribution in [-0.2, 0) is 0 Å². The van der Waals surface area contributed by atoms with Gasteiger partial charge in [-0.1, -0.05) is 36.4 Å². The Hall–Kier alpha value is -6.50. The fourth-order valence-corrected chi connectivity index (χ4v) is 5.94. The van der Waals surface area contributed by atoms with Gasteiger partial charge in [0.15, 0.2) is 0 Å². The van der Waals surface area contributed by atoms with Crippen LogP contribution in [0.4, 0.5) is 0 Å². The molecule has 4 aromatic heterocycles. The van der Waals surface area contributed by atoms with Crippen molar-refractivity contribution in [3.05, 3.63) is 133 Å². The van der Waals surface area contributed by atoms with Crippen LogP contribution in [0.15, 0.2) is 122 Å². The normalized spacial score (nSPS) is 11.1. The van der Waals surface area contributed by atoms with Gasteiger partial charge in [-0.2, -0.15) is 10.5 Å². The highest BCUT2D eigenvalue weighted by atomic mass is 14.7. The first-order valence-electron chi connectivity index (χ1n) is 14.1. The van der Waals surface area contributed by atoms with Gasteiger partial charge < -0.3 is 0 Å². The Bertz CT molecular complexity index is 2240. The number of hydrogen-bond donors (Lipinski definition) is 0. The number of nitriles is 2. The minimum Gasteiger partial charge on any atom is -0.263 e. The third-order valence-electron chi connectivity index (χ3n) is 7.96. The van der Waals surface area contributed by atoms with Gasteiger partial charge in [-0.05, 0) is 99.0 Å². The van der Waals surface area contributed by atoms with Crippen LogP contribution in [0, 0.1) is 22.7 Å². The van der Waals surface area contributed by atoms with Crippen molar-refractivity contribution in [1.29, 1.82) is 10.5 Å². The third kappa shape index (κ3) is 4.27. The third-order valence-corrected chi connectivity index (χ3v) is 7.96. The van der Waals surface area contributed by atoms with Crippen LogP contribution < -0.4 is 0 Å². The Morgan fingerprint density at radius 1 is 0.477 bits per heavy atom. The summed E-state index contributed by atoms with van der Waals surface area (Å²) in [6, 6.07) is 39.1. The second kappa shape index (κ2) is 10.1. The summed E-state index contributed by atoms with van der Waals surface area (Å²) >= 11 is 0. The molecule has 4 aromatic carbocycles. The Labute approximate surface area is 252 Å². The highest BCUT2D eigenvalue weighted by molar-refractivity contribution is 6.24. The van der Waals surface area contributed by atoms with E-state index in [0.717, 1.165) is 66.6 Å².